The molecule has 5 nitrogen and oxygen atoms in total. The zero-order valence-corrected chi connectivity index (χ0v) is 13.4. The number of hydrogen-bond donors (Lipinski definition) is 0. The molecule has 5 heteroatoms. The van der Waals surface area contributed by atoms with Gasteiger partial charge in [0, 0.05) is 32.0 Å². The third kappa shape index (κ3) is 2.47. The molecule has 116 valence electrons. The summed E-state index contributed by atoms with van der Waals surface area (Å²) >= 11 is 0. The topological polar surface area (TPSA) is 51.0 Å². The minimum absolute atomic E-state index is 0.270. The van der Waals surface area contributed by atoms with Gasteiger partial charge in [-0.1, -0.05) is 27.2 Å². The van der Waals surface area contributed by atoms with Crippen molar-refractivity contribution in [2.45, 2.75) is 58.9 Å². The van der Waals surface area contributed by atoms with E-state index in [0.29, 0.717) is 18.3 Å². The molecule has 1 saturated heterocycles. The van der Waals surface area contributed by atoms with Crippen LogP contribution in [0.4, 0.5) is 0 Å². The third-order valence-corrected chi connectivity index (χ3v) is 5.17. The molecule has 21 heavy (non-hydrogen) atoms. The number of nitrogens with zero attached hydrogens (tertiary/aromatic N) is 4. The number of amides is 1. The Morgan fingerprint density at radius 1 is 1.48 bits per heavy atom. The second kappa shape index (κ2) is 5.43. The molecule has 1 atom stereocenters. The summed E-state index contributed by atoms with van der Waals surface area (Å²) < 4.78 is 2.20. The zero-order valence-electron chi connectivity index (χ0n) is 13.4. The first-order valence-electron chi connectivity index (χ1n) is 8.21. The smallest absolute Gasteiger partial charge is 0.222 e. The highest BCUT2D eigenvalue weighted by Gasteiger charge is 2.53. The van der Waals surface area contributed by atoms with Gasteiger partial charge in [-0.05, 0) is 24.2 Å². The molecule has 1 unspecified atom stereocenters. The molecule has 1 aromatic heterocycles. The molecule has 3 rings (SSSR count). The summed E-state index contributed by atoms with van der Waals surface area (Å²) in [5.41, 5.74) is 0.270. The van der Waals surface area contributed by atoms with Crippen LogP contribution in [0.25, 0.3) is 0 Å². The monoisotopic (exact) mass is 290 g/mol. The first-order chi connectivity index (χ1) is 10.1. The van der Waals surface area contributed by atoms with Crippen molar-refractivity contribution in [1.82, 2.24) is 19.7 Å². The van der Waals surface area contributed by atoms with Crippen molar-refractivity contribution < 1.29 is 4.79 Å². The fourth-order valence-electron chi connectivity index (χ4n) is 3.94. The quantitative estimate of drug-likeness (QED) is 0.856. The maximum atomic E-state index is 12.1. The SMILES string of the molecule is CCC(=O)N1CC(c2nncn2CC(C)C)C2(CCC2)C1. The lowest BCUT2D eigenvalue weighted by molar-refractivity contribution is -0.130. The van der Waals surface area contributed by atoms with Crippen molar-refractivity contribution in [1.29, 1.82) is 0 Å². The van der Waals surface area contributed by atoms with Gasteiger partial charge in [0.25, 0.3) is 0 Å². The van der Waals surface area contributed by atoms with Crippen LogP contribution in [0.3, 0.4) is 0 Å². The number of aromatic nitrogens is 3. The highest BCUT2D eigenvalue weighted by atomic mass is 16.2. The van der Waals surface area contributed by atoms with Gasteiger partial charge in [0.2, 0.25) is 5.91 Å². The van der Waals surface area contributed by atoms with Gasteiger partial charge in [-0.2, -0.15) is 0 Å². The molecule has 0 N–H and O–H groups in total. The van der Waals surface area contributed by atoms with Gasteiger partial charge in [0.1, 0.15) is 12.2 Å². The normalized spacial score (nSPS) is 23.8. The summed E-state index contributed by atoms with van der Waals surface area (Å²) in [6, 6.07) is 0. The van der Waals surface area contributed by atoms with Gasteiger partial charge in [-0.25, -0.2) is 0 Å². The average molecular weight is 290 g/mol. The van der Waals surface area contributed by atoms with Crippen molar-refractivity contribution in [3.05, 3.63) is 12.2 Å². The second-order valence-corrected chi connectivity index (χ2v) is 7.13. The molecule has 2 heterocycles. The Morgan fingerprint density at radius 3 is 2.81 bits per heavy atom. The Labute approximate surface area is 126 Å². The van der Waals surface area contributed by atoms with Crippen LogP contribution >= 0.6 is 0 Å². The largest absolute Gasteiger partial charge is 0.341 e. The molecule has 1 saturated carbocycles. The minimum Gasteiger partial charge on any atom is -0.341 e. The van der Waals surface area contributed by atoms with E-state index in [-0.39, 0.29) is 11.3 Å². The Morgan fingerprint density at radius 2 is 2.24 bits per heavy atom. The van der Waals surface area contributed by atoms with Crippen molar-refractivity contribution >= 4 is 5.91 Å². The van der Waals surface area contributed by atoms with E-state index in [4.69, 9.17) is 0 Å². The van der Waals surface area contributed by atoms with Crippen LogP contribution in [0.1, 0.15) is 58.2 Å². The van der Waals surface area contributed by atoms with Gasteiger partial charge in [-0.3, -0.25) is 4.79 Å². The van der Waals surface area contributed by atoms with Crippen molar-refractivity contribution in [2.24, 2.45) is 11.3 Å². The first kappa shape index (κ1) is 14.5. The average Bonchev–Trinajstić information content (AvgIpc) is 2.99. The highest BCUT2D eigenvalue weighted by molar-refractivity contribution is 5.76. The molecule has 1 spiro atoms. The Hall–Kier alpha value is -1.39. The summed E-state index contributed by atoms with van der Waals surface area (Å²) in [6.45, 7) is 9.07. The molecule has 2 aliphatic rings. The lowest BCUT2D eigenvalue weighted by Crippen LogP contribution is -2.38. The lowest BCUT2D eigenvalue weighted by atomic mass is 9.62. The van der Waals surface area contributed by atoms with Crippen molar-refractivity contribution in [2.75, 3.05) is 13.1 Å². The number of hydrogen-bond acceptors (Lipinski definition) is 3. The third-order valence-electron chi connectivity index (χ3n) is 5.17. The van der Waals surface area contributed by atoms with Crippen LogP contribution in [0, 0.1) is 11.3 Å². The van der Waals surface area contributed by atoms with Crippen LogP contribution in [0.5, 0.6) is 0 Å². The lowest BCUT2D eigenvalue weighted by Gasteiger charge is -2.42. The van der Waals surface area contributed by atoms with E-state index < -0.39 is 0 Å². The van der Waals surface area contributed by atoms with Gasteiger partial charge in [0.05, 0.1) is 0 Å². The second-order valence-electron chi connectivity index (χ2n) is 7.13. The van der Waals surface area contributed by atoms with E-state index >= 15 is 0 Å². The van der Waals surface area contributed by atoms with Gasteiger partial charge in [-0.15, -0.1) is 10.2 Å². The maximum Gasteiger partial charge on any atom is 0.222 e. The number of likely N-dealkylation sites (tertiary alicyclic amines) is 1. The van der Waals surface area contributed by atoms with E-state index in [1.165, 1.54) is 19.3 Å². The fourth-order valence-corrected chi connectivity index (χ4v) is 3.94. The Kier molecular flexibility index (Phi) is 3.76. The fraction of sp³-hybridized carbons (Fsp3) is 0.812. The van der Waals surface area contributed by atoms with E-state index in [9.17, 15) is 4.79 Å². The molecule has 0 aromatic carbocycles. The minimum atomic E-state index is 0.270. The first-order valence-corrected chi connectivity index (χ1v) is 8.21. The van der Waals surface area contributed by atoms with Crippen LogP contribution in [-0.4, -0.2) is 38.7 Å². The summed E-state index contributed by atoms with van der Waals surface area (Å²) in [6.07, 6.45) is 6.18. The van der Waals surface area contributed by atoms with E-state index in [0.717, 1.165) is 25.5 Å². The van der Waals surface area contributed by atoms with Gasteiger partial charge < -0.3 is 9.47 Å². The summed E-state index contributed by atoms with van der Waals surface area (Å²) in [4.78, 5) is 14.2. The molecule has 0 bridgehead atoms. The summed E-state index contributed by atoms with van der Waals surface area (Å²) in [5.74, 6) is 2.31. The Balaban J connectivity index is 1.86. The van der Waals surface area contributed by atoms with E-state index in [2.05, 4.69) is 33.5 Å². The molecule has 1 aliphatic carbocycles. The number of rotatable bonds is 4. The summed E-state index contributed by atoms with van der Waals surface area (Å²) in [5, 5.41) is 8.57. The number of carbonyl (C=O) groups is 1. The predicted octanol–water partition coefficient (Wildman–Crippen LogP) is 2.44. The molecular weight excluding hydrogens is 264 g/mol. The highest BCUT2D eigenvalue weighted by Crippen LogP contribution is 2.55. The van der Waals surface area contributed by atoms with Crippen molar-refractivity contribution in [3.63, 3.8) is 0 Å². The van der Waals surface area contributed by atoms with Crippen molar-refractivity contribution in [3.8, 4) is 0 Å². The number of carbonyl (C=O) groups excluding carboxylic acids is 1. The van der Waals surface area contributed by atoms with Crippen LogP contribution < -0.4 is 0 Å². The van der Waals surface area contributed by atoms with E-state index in [1.807, 2.05) is 13.3 Å². The Bertz CT molecular complexity index is 518. The van der Waals surface area contributed by atoms with Gasteiger partial charge in [0.15, 0.2) is 0 Å². The predicted molar refractivity (Wildman–Crippen MR) is 80.8 cm³/mol. The van der Waals surface area contributed by atoms with E-state index in [1.54, 1.807) is 0 Å². The molecule has 1 aromatic rings. The van der Waals surface area contributed by atoms with Crippen LogP contribution in [0.2, 0.25) is 0 Å². The van der Waals surface area contributed by atoms with Crippen LogP contribution in [-0.2, 0) is 11.3 Å². The molecule has 1 amide bonds. The maximum absolute atomic E-state index is 12.1. The van der Waals surface area contributed by atoms with Crippen LogP contribution in [0.15, 0.2) is 6.33 Å². The molecule has 1 aliphatic heterocycles. The standard InChI is InChI=1S/C16H26N4O/c1-4-14(21)19-9-13(16(10-19)6-5-7-16)15-18-17-11-20(15)8-12(2)3/h11-13H,4-10H2,1-3H3. The zero-order chi connectivity index (χ0) is 15.0. The molecular formula is C16H26N4O. The molecule has 2 fully saturated rings. The molecule has 0 radical (unpaired) electrons. The van der Waals surface area contributed by atoms with Gasteiger partial charge >= 0.3 is 0 Å². The summed E-state index contributed by atoms with van der Waals surface area (Å²) in [7, 11) is 0.